The van der Waals surface area contributed by atoms with Gasteiger partial charge < -0.3 is 30.6 Å². The summed E-state index contributed by atoms with van der Waals surface area (Å²) < 4.78 is 0. The normalized spacial score (nSPS) is 13.1. The number of rotatable bonds is 3. The molecule has 0 heterocycles. The Morgan fingerprint density at radius 2 is 0.887 bits per heavy atom. The predicted molar refractivity (Wildman–Crippen MR) is 214 cm³/mol. The molecule has 6 N–H and O–H groups in total. The Balaban J connectivity index is 1.40. The summed E-state index contributed by atoms with van der Waals surface area (Å²) in [6.07, 6.45) is 0. The molecule has 0 saturated heterocycles. The van der Waals surface area contributed by atoms with Gasteiger partial charge >= 0.3 is 0 Å². The number of phenols is 6. The van der Waals surface area contributed by atoms with Crippen LogP contribution in [-0.4, -0.2) is 46.3 Å². The number of aromatic hydroxyl groups is 6. The zero-order valence-corrected chi connectivity index (χ0v) is 28.7. The summed E-state index contributed by atoms with van der Waals surface area (Å²) in [6.45, 7) is 4.41. The highest BCUT2D eigenvalue weighted by Crippen LogP contribution is 2.59. The topological polar surface area (TPSA) is 121 Å². The molecule has 53 heavy (non-hydrogen) atoms. The fraction of sp³-hybridized carbons (Fsp3) is 0.0667. The summed E-state index contributed by atoms with van der Waals surface area (Å²) >= 11 is 0. The van der Waals surface area contributed by atoms with E-state index in [0.29, 0.717) is 11.1 Å². The van der Waals surface area contributed by atoms with Gasteiger partial charge in [-0.2, -0.15) is 0 Å². The lowest BCUT2D eigenvalue weighted by atomic mass is 9.74. The van der Waals surface area contributed by atoms with E-state index < -0.39 is 34.5 Å². The number of fused-ring (bicyclic) bond motifs is 6. The molecule has 0 saturated carbocycles. The largest absolute Gasteiger partial charge is 0.508 e. The third kappa shape index (κ3) is 4.42. The Morgan fingerprint density at radius 3 is 1.55 bits per heavy atom. The quantitative estimate of drug-likeness (QED) is 0.0481. The van der Waals surface area contributed by atoms with Crippen molar-refractivity contribution in [2.24, 2.45) is 0 Å². The minimum Gasteiger partial charge on any atom is -0.508 e. The lowest BCUT2D eigenvalue weighted by molar-refractivity contribution is 0.351. The molecule has 0 aromatic heterocycles. The lowest BCUT2D eigenvalue weighted by Crippen LogP contribution is -2.26. The van der Waals surface area contributed by atoms with Crippen LogP contribution in [0.25, 0.3) is 76.8 Å². The predicted octanol–water partition coefficient (Wildman–Crippen LogP) is 8.27. The first-order chi connectivity index (χ1) is 25.4. The van der Waals surface area contributed by atoms with Crippen molar-refractivity contribution >= 4 is 58.9 Å². The summed E-state index contributed by atoms with van der Waals surface area (Å²) in [6, 6.07) is 35.1. The van der Waals surface area contributed by atoms with E-state index in [1.54, 1.807) is 12.1 Å². The molecule has 0 spiro atoms. The number of hydrogen-bond acceptors (Lipinski definition) is 6. The van der Waals surface area contributed by atoms with E-state index in [4.69, 9.17) is 15.7 Å². The minimum absolute atomic E-state index is 0.0207. The van der Waals surface area contributed by atoms with E-state index >= 15 is 0 Å². The molecule has 0 atom stereocenters. The molecule has 8 heteroatoms. The van der Waals surface area contributed by atoms with Crippen molar-refractivity contribution in [1.82, 2.24) is 0 Å². The first-order valence-corrected chi connectivity index (χ1v) is 17.1. The Labute approximate surface area is 307 Å². The number of hydrogen-bond donors (Lipinski definition) is 6. The standard InChI is InChI=1S/C45H30B2O6/c1-45(2)29-13-6-5-12-27(29)28-17-16-24(20-30(28)45)23-10-7-11-25(19-23)31-33-34(40(49)38(47)37(46)39(33)48)32(26-15-14-21-8-3-4-9-22(21)18-26)36-35(31)41(50)43(52)44(53)42(36)51/h3-20,48-53H,1-2H3. The van der Waals surface area contributed by atoms with Crippen LogP contribution in [0, 0.1) is 0 Å². The van der Waals surface area contributed by atoms with Crippen LogP contribution in [0.4, 0.5) is 0 Å². The van der Waals surface area contributed by atoms with Crippen LogP contribution in [0.2, 0.25) is 0 Å². The second-order valence-electron chi connectivity index (χ2n) is 14.2. The fourth-order valence-corrected chi connectivity index (χ4v) is 8.34. The zero-order valence-electron chi connectivity index (χ0n) is 28.7. The Hall–Kier alpha value is -6.53. The average molecular weight is 688 g/mol. The molecule has 1 aliphatic carbocycles. The van der Waals surface area contributed by atoms with Crippen molar-refractivity contribution in [2.45, 2.75) is 19.3 Å². The van der Waals surface area contributed by atoms with E-state index in [0.717, 1.165) is 27.5 Å². The van der Waals surface area contributed by atoms with Gasteiger partial charge in [0.15, 0.2) is 11.5 Å². The van der Waals surface area contributed by atoms with Gasteiger partial charge in [-0.1, -0.05) is 116 Å². The van der Waals surface area contributed by atoms with Crippen molar-refractivity contribution < 1.29 is 30.6 Å². The molecule has 1 aliphatic rings. The van der Waals surface area contributed by atoms with Gasteiger partial charge in [-0.15, -0.1) is 0 Å². The first kappa shape index (κ1) is 32.4. The zero-order chi connectivity index (χ0) is 37.1. The minimum atomic E-state index is -0.955. The van der Waals surface area contributed by atoms with Gasteiger partial charge in [0.2, 0.25) is 11.5 Å². The van der Waals surface area contributed by atoms with Crippen LogP contribution >= 0.6 is 0 Å². The molecule has 0 amide bonds. The van der Waals surface area contributed by atoms with Crippen molar-refractivity contribution in [3.63, 3.8) is 0 Å². The van der Waals surface area contributed by atoms with Gasteiger partial charge in [0.25, 0.3) is 0 Å². The molecule has 252 valence electrons. The van der Waals surface area contributed by atoms with Gasteiger partial charge in [0, 0.05) is 38.1 Å². The Bertz CT molecular complexity index is 2830. The summed E-state index contributed by atoms with van der Waals surface area (Å²) in [7, 11) is 12.6. The number of benzene rings is 8. The molecule has 0 bridgehead atoms. The highest BCUT2D eigenvalue weighted by molar-refractivity contribution is 6.53. The summed E-state index contributed by atoms with van der Waals surface area (Å²) in [5, 5.41) is 70.6. The lowest BCUT2D eigenvalue weighted by Gasteiger charge is -2.24. The Morgan fingerprint density at radius 1 is 0.396 bits per heavy atom. The SMILES string of the molecule is [B]c1c([B])c(O)c2c(-c3ccc4ccccc4c3)c3c(O)c(O)c(O)c(O)c3c(-c3cccc(-c4ccc5c(c4)C(C)(C)c4ccccc4-5)c3)c2c1O. The second-order valence-corrected chi connectivity index (χ2v) is 14.2. The van der Waals surface area contributed by atoms with Gasteiger partial charge in [0.1, 0.15) is 27.2 Å². The van der Waals surface area contributed by atoms with Crippen molar-refractivity contribution in [1.29, 1.82) is 0 Å². The molecule has 0 fully saturated rings. The summed E-state index contributed by atoms with van der Waals surface area (Å²) in [5.41, 5.74) is 6.86. The van der Waals surface area contributed by atoms with Gasteiger partial charge in [-0.05, 0) is 73.5 Å². The fourth-order valence-electron chi connectivity index (χ4n) is 8.34. The van der Waals surface area contributed by atoms with Crippen molar-refractivity contribution in [3.05, 3.63) is 120 Å². The monoisotopic (exact) mass is 688 g/mol. The van der Waals surface area contributed by atoms with Gasteiger partial charge in [-0.25, -0.2) is 0 Å². The van der Waals surface area contributed by atoms with Crippen LogP contribution in [0.1, 0.15) is 25.0 Å². The van der Waals surface area contributed by atoms with Gasteiger partial charge in [0.05, 0.1) is 0 Å². The van der Waals surface area contributed by atoms with Crippen molar-refractivity contribution in [3.8, 4) is 79.0 Å². The maximum atomic E-state index is 11.9. The molecule has 8 aromatic carbocycles. The first-order valence-electron chi connectivity index (χ1n) is 17.1. The average Bonchev–Trinajstić information content (AvgIpc) is 3.41. The van der Waals surface area contributed by atoms with E-state index in [1.807, 2.05) is 66.7 Å². The maximum Gasteiger partial charge on any atom is 0.204 e. The maximum absolute atomic E-state index is 11.9. The Kier molecular flexibility index (Phi) is 6.86. The highest BCUT2D eigenvalue weighted by Gasteiger charge is 2.35. The second kappa shape index (κ2) is 11.2. The molecule has 0 unspecified atom stereocenters. The smallest absolute Gasteiger partial charge is 0.204 e. The van der Waals surface area contributed by atoms with Gasteiger partial charge in [-0.3, -0.25) is 0 Å². The molecule has 9 rings (SSSR count). The highest BCUT2D eigenvalue weighted by atomic mass is 16.3. The van der Waals surface area contributed by atoms with E-state index in [2.05, 4.69) is 44.2 Å². The van der Waals surface area contributed by atoms with Crippen LogP contribution in [0.3, 0.4) is 0 Å². The van der Waals surface area contributed by atoms with E-state index in [-0.39, 0.29) is 49.0 Å². The summed E-state index contributed by atoms with van der Waals surface area (Å²) in [4.78, 5) is 0. The van der Waals surface area contributed by atoms with Crippen LogP contribution in [0.5, 0.6) is 34.5 Å². The molecule has 6 nitrogen and oxygen atoms in total. The van der Waals surface area contributed by atoms with E-state index in [9.17, 15) is 30.6 Å². The molecule has 4 radical (unpaired) electrons. The van der Waals surface area contributed by atoms with Crippen molar-refractivity contribution in [2.75, 3.05) is 0 Å². The van der Waals surface area contributed by atoms with Crippen LogP contribution in [0.15, 0.2) is 109 Å². The van der Waals surface area contributed by atoms with E-state index in [1.165, 1.54) is 16.7 Å². The van der Waals surface area contributed by atoms with Crippen LogP contribution < -0.4 is 10.9 Å². The van der Waals surface area contributed by atoms with Crippen LogP contribution in [-0.2, 0) is 5.41 Å². The summed E-state index contributed by atoms with van der Waals surface area (Å²) in [5.74, 6) is -4.33. The number of phenolic OH excluding ortho intramolecular Hbond substituents is 6. The third-order valence-corrected chi connectivity index (χ3v) is 11.0. The molecule has 8 aromatic rings. The molecular formula is C45H30B2O6. The molecule has 0 aliphatic heterocycles. The third-order valence-electron chi connectivity index (χ3n) is 11.0. The molecular weight excluding hydrogens is 658 g/mol.